The average Bonchev–Trinajstić information content (AvgIpc) is 3.70. The first-order chi connectivity index (χ1) is 31.8. The fourth-order valence-electron chi connectivity index (χ4n) is 6.83. The van der Waals surface area contributed by atoms with Crippen LogP contribution in [0.1, 0.15) is 16.4 Å². The van der Waals surface area contributed by atoms with Crippen molar-refractivity contribution in [2.75, 3.05) is 4.90 Å². The van der Waals surface area contributed by atoms with Gasteiger partial charge in [-0.15, -0.1) is 0 Å². The van der Waals surface area contributed by atoms with E-state index < -0.39 is 89.6 Å². The van der Waals surface area contributed by atoms with Crippen LogP contribution in [-0.2, 0) is 0 Å². The molecule has 0 aliphatic rings. The van der Waals surface area contributed by atoms with Gasteiger partial charge in [-0.2, -0.15) is 0 Å². The number of furan rings is 1. The first-order valence-corrected chi connectivity index (χ1v) is 17.4. The Hall–Kier alpha value is -7.16. The number of para-hydroxylation sites is 1. The Bertz CT molecular complexity index is 3550. The third-order valence-electron chi connectivity index (χ3n) is 9.49. The highest BCUT2D eigenvalue weighted by Gasteiger charge is 2.15. The predicted octanol–water partition coefficient (Wildman–Crippen LogP) is 14.9. The van der Waals surface area contributed by atoms with E-state index in [9.17, 15) is 16.4 Å². The molecule has 9 aromatic carbocycles. The van der Waals surface area contributed by atoms with Crippen molar-refractivity contribution in [2.45, 2.75) is 0 Å². The molecule has 0 saturated carbocycles. The van der Waals surface area contributed by atoms with Crippen LogP contribution < -0.4 is 4.90 Å². The number of benzene rings is 9. The Morgan fingerprint density at radius 1 is 0.333 bits per heavy atom. The van der Waals surface area contributed by atoms with Crippen LogP contribution in [0.3, 0.4) is 0 Å². The summed E-state index contributed by atoms with van der Waals surface area (Å²) in [6, 6.07) is 34.5. The normalized spacial score (nSPS) is 14.4. The van der Waals surface area contributed by atoms with Crippen LogP contribution in [0.2, 0.25) is 0 Å². The second-order valence-corrected chi connectivity index (χ2v) is 12.8. The summed E-state index contributed by atoms with van der Waals surface area (Å²) in [4.78, 5) is 0.833. The summed E-state index contributed by atoms with van der Waals surface area (Å²) in [5.74, 6) is 0. The highest BCUT2D eigenvalue weighted by Crippen LogP contribution is 2.39. The number of hydrogen-bond donors (Lipinski definition) is 0. The Labute approximate surface area is 331 Å². The summed E-state index contributed by atoms with van der Waals surface area (Å²) in [7, 11) is 0. The Kier molecular flexibility index (Phi) is 5.32. The van der Waals surface area contributed by atoms with Gasteiger partial charge in [0, 0.05) is 27.8 Å². The molecule has 0 radical (unpaired) electrons. The maximum atomic E-state index is 9.58. The number of rotatable bonds is 7. The molecule has 0 fully saturated rings. The van der Waals surface area contributed by atoms with Crippen LogP contribution in [0, 0.1) is 0 Å². The number of nitrogens with zero attached hydrogens (tertiary/aromatic N) is 1. The Balaban J connectivity index is 1.22. The van der Waals surface area contributed by atoms with Gasteiger partial charge >= 0.3 is 0 Å². The summed E-state index contributed by atoms with van der Waals surface area (Å²) in [5, 5.41) is 3.62. The average molecular weight is 702 g/mol. The van der Waals surface area contributed by atoms with E-state index in [0.29, 0.717) is 27.9 Å². The first kappa shape index (κ1) is 21.4. The van der Waals surface area contributed by atoms with Gasteiger partial charge in [-0.25, -0.2) is 0 Å². The minimum absolute atomic E-state index is 0.0499. The topological polar surface area (TPSA) is 16.4 Å². The first-order valence-electron chi connectivity index (χ1n) is 23.4. The Morgan fingerprint density at radius 3 is 1.54 bits per heavy atom. The molecule has 1 heterocycles. The lowest BCUT2D eigenvalue weighted by molar-refractivity contribution is 0.669. The van der Waals surface area contributed by atoms with Gasteiger partial charge in [-0.3, -0.25) is 0 Å². The van der Waals surface area contributed by atoms with Crippen molar-refractivity contribution in [1.82, 2.24) is 0 Å². The molecule has 0 aliphatic heterocycles. The van der Waals surface area contributed by atoms with Crippen molar-refractivity contribution in [1.29, 1.82) is 0 Å². The van der Waals surface area contributed by atoms with E-state index in [1.807, 2.05) is 72.8 Å². The van der Waals surface area contributed by atoms with Gasteiger partial charge in [0.2, 0.25) is 0 Å². The molecule has 0 saturated heterocycles. The van der Waals surface area contributed by atoms with Crippen LogP contribution in [-0.4, -0.2) is 0 Å². The molecule has 54 heavy (non-hydrogen) atoms. The fourth-order valence-corrected chi connectivity index (χ4v) is 6.83. The van der Waals surface area contributed by atoms with Gasteiger partial charge in [0.05, 0.1) is 16.4 Å². The lowest BCUT2D eigenvalue weighted by Crippen LogP contribution is -2.09. The van der Waals surface area contributed by atoms with Crippen molar-refractivity contribution in [3.8, 4) is 44.5 Å². The van der Waals surface area contributed by atoms with Crippen LogP contribution in [0.4, 0.5) is 17.1 Å². The molecular weight excluding hydrogens is 655 g/mol. The van der Waals surface area contributed by atoms with E-state index in [-0.39, 0.29) is 16.7 Å². The van der Waals surface area contributed by atoms with E-state index in [1.54, 1.807) is 66.7 Å². The van der Waals surface area contributed by atoms with Gasteiger partial charge in [-0.1, -0.05) is 152 Å². The molecule has 10 rings (SSSR count). The SMILES string of the molecule is [2H]c1c([2H])c(N(c2c([2H])c([2H])c(-c3cccc(-c4cccc5ccccc45)c3)c([2H])c2[2H])c2c([2H])c([2H])c(-c3ccc4c(c3)oc3ccccc34)c([2H])c2[2H])c([2H])c([2H])c1-c1ccccc1. The summed E-state index contributed by atoms with van der Waals surface area (Å²) >= 11 is 0. The summed E-state index contributed by atoms with van der Waals surface area (Å²) < 4.78 is 119. The standard InChI is InChI=1S/C52H35NO/c1-2-10-36(11-3-1)37-20-27-44(28-21-37)53(46-31-24-39(25-32-46)42-26-33-50-49-17-6-7-19-51(49)54-52(50)35-42)45-29-22-38(23-30-45)41-14-8-15-43(34-41)48-18-9-13-40-12-4-5-16-47(40)48/h1-35H/i20D,21D,22D,23D,24D,25D,27D,28D,29D,30D,31D,32D. The van der Waals surface area contributed by atoms with E-state index in [0.717, 1.165) is 37.6 Å². The second-order valence-electron chi connectivity index (χ2n) is 12.8. The largest absolute Gasteiger partial charge is 0.456 e. The highest BCUT2D eigenvalue weighted by atomic mass is 16.3. The fraction of sp³-hybridized carbons (Fsp3) is 0. The lowest BCUT2D eigenvalue weighted by atomic mass is 9.95. The number of hydrogen-bond acceptors (Lipinski definition) is 2. The molecule has 0 aliphatic carbocycles. The minimum Gasteiger partial charge on any atom is -0.456 e. The summed E-state index contributed by atoms with van der Waals surface area (Å²) in [6.07, 6.45) is 0. The third-order valence-corrected chi connectivity index (χ3v) is 9.49. The molecule has 0 amide bonds. The maximum absolute atomic E-state index is 9.58. The highest BCUT2D eigenvalue weighted by molar-refractivity contribution is 6.06. The van der Waals surface area contributed by atoms with Crippen LogP contribution in [0.5, 0.6) is 0 Å². The van der Waals surface area contributed by atoms with Crippen LogP contribution in [0.25, 0.3) is 77.2 Å². The van der Waals surface area contributed by atoms with Crippen molar-refractivity contribution in [2.24, 2.45) is 0 Å². The van der Waals surface area contributed by atoms with Gasteiger partial charge < -0.3 is 9.32 Å². The van der Waals surface area contributed by atoms with Crippen LogP contribution >= 0.6 is 0 Å². The van der Waals surface area contributed by atoms with Crippen molar-refractivity contribution >= 4 is 49.8 Å². The number of fused-ring (bicyclic) bond motifs is 4. The van der Waals surface area contributed by atoms with E-state index >= 15 is 0 Å². The molecule has 2 nitrogen and oxygen atoms in total. The van der Waals surface area contributed by atoms with Crippen molar-refractivity contribution < 1.29 is 20.9 Å². The molecule has 0 N–H and O–H groups in total. The molecule has 0 unspecified atom stereocenters. The molecule has 0 atom stereocenters. The molecule has 254 valence electrons. The van der Waals surface area contributed by atoms with Crippen LogP contribution in [0.15, 0.2) is 216 Å². The quantitative estimate of drug-likeness (QED) is 0.164. The zero-order valence-corrected chi connectivity index (χ0v) is 28.6. The zero-order chi connectivity index (χ0) is 46.3. The minimum atomic E-state index is -0.691. The third kappa shape index (κ3) is 5.81. The maximum Gasteiger partial charge on any atom is 0.136 e. The smallest absolute Gasteiger partial charge is 0.136 e. The van der Waals surface area contributed by atoms with Crippen molar-refractivity contribution in [3.63, 3.8) is 0 Å². The van der Waals surface area contributed by atoms with Gasteiger partial charge in [-0.05, 0) is 116 Å². The van der Waals surface area contributed by atoms with Gasteiger partial charge in [0.25, 0.3) is 0 Å². The molecule has 0 bridgehead atoms. The predicted molar refractivity (Wildman–Crippen MR) is 228 cm³/mol. The summed E-state index contributed by atoms with van der Waals surface area (Å²) in [5.41, 5.74) is 1.76. The lowest BCUT2D eigenvalue weighted by Gasteiger charge is -2.26. The molecule has 1 aromatic heterocycles. The van der Waals surface area contributed by atoms with Crippen molar-refractivity contribution in [3.05, 3.63) is 212 Å². The van der Waals surface area contributed by atoms with E-state index in [2.05, 4.69) is 0 Å². The summed E-state index contributed by atoms with van der Waals surface area (Å²) in [6.45, 7) is 0. The zero-order valence-electron chi connectivity index (χ0n) is 40.6. The second kappa shape index (κ2) is 13.4. The molecular formula is C52H35NO. The Morgan fingerprint density at radius 2 is 0.833 bits per heavy atom. The molecule has 2 heteroatoms. The van der Waals surface area contributed by atoms with Gasteiger partial charge in [0.1, 0.15) is 11.2 Å². The molecule has 10 aromatic rings. The van der Waals surface area contributed by atoms with E-state index in [1.165, 1.54) is 0 Å². The van der Waals surface area contributed by atoms with Gasteiger partial charge in [0.15, 0.2) is 0 Å². The van der Waals surface area contributed by atoms with E-state index in [4.69, 9.17) is 4.42 Å². The monoisotopic (exact) mass is 701 g/mol. The number of anilines is 3. The molecule has 0 spiro atoms.